The normalized spacial score (nSPS) is 18.9. The summed E-state index contributed by atoms with van der Waals surface area (Å²) in [6.07, 6.45) is 25.5. The second-order valence-corrected chi connectivity index (χ2v) is 17.4. The van der Waals surface area contributed by atoms with E-state index < -0.39 is 0 Å². The molecule has 12 rings (SSSR count). The molecule has 1 heteroatoms. The van der Waals surface area contributed by atoms with Gasteiger partial charge in [0.05, 0.1) is 5.52 Å². The number of fused-ring (bicyclic) bond motifs is 10. The predicted octanol–water partition coefficient (Wildman–Crippen LogP) is 15.4. The Labute approximate surface area is 340 Å². The Hall–Kier alpha value is -6.44. The second kappa shape index (κ2) is 12.8. The van der Waals surface area contributed by atoms with Gasteiger partial charge in [0.1, 0.15) is 0 Å². The first-order valence-corrected chi connectivity index (χ1v) is 21.2. The van der Waals surface area contributed by atoms with E-state index in [1.54, 1.807) is 0 Å². The van der Waals surface area contributed by atoms with Gasteiger partial charge in [-0.1, -0.05) is 153 Å². The third-order valence-electron chi connectivity index (χ3n) is 14.0. The lowest BCUT2D eigenvalue weighted by Crippen LogP contribution is -2.24. The smallest absolute Gasteiger partial charge is 0.0537 e. The Morgan fingerprint density at radius 3 is 2.05 bits per heavy atom. The van der Waals surface area contributed by atoms with E-state index in [2.05, 4.69) is 194 Å². The molecule has 278 valence electrons. The lowest BCUT2D eigenvalue weighted by Gasteiger charge is -2.29. The van der Waals surface area contributed by atoms with Crippen molar-refractivity contribution in [2.24, 2.45) is 5.92 Å². The van der Waals surface area contributed by atoms with Gasteiger partial charge in [-0.2, -0.15) is 0 Å². The molecule has 7 aromatic carbocycles. The van der Waals surface area contributed by atoms with Crippen LogP contribution in [0.2, 0.25) is 0 Å². The molecular weight excluding hydrogens is 699 g/mol. The Balaban J connectivity index is 1.16. The van der Waals surface area contributed by atoms with Crippen LogP contribution >= 0.6 is 0 Å². The minimum atomic E-state index is -0.00953. The van der Waals surface area contributed by atoms with Crippen LogP contribution in [0.3, 0.4) is 0 Å². The molecule has 0 aliphatic heterocycles. The highest BCUT2D eigenvalue weighted by atomic mass is 15.0. The summed E-state index contributed by atoms with van der Waals surface area (Å²) in [5.41, 5.74) is 16.1. The van der Waals surface area contributed by atoms with E-state index in [-0.39, 0.29) is 5.41 Å². The van der Waals surface area contributed by atoms with Crippen LogP contribution in [0.4, 0.5) is 0 Å². The van der Waals surface area contributed by atoms with Crippen molar-refractivity contribution in [3.8, 4) is 33.4 Å². The zero-order valence-corrected chi connectivity index (χ0v) is 33.2. The van der Waals surface area contributed by atoms with Crippen molar-refractivity contribution < 1.29 is 0 Å². The fourth-order valence-corrected chi connectivity index (χ4v) is 11.3. The molecule has 0 radical (unpaired) electrons. The van der Waals surface area contributed by atoms with Crippen molar-refractivity contribution in [1.29, 1.82) is 0 Å². The first-order chi connectivity index (χ1) is 28.6. The number of rotatable bonds is 4. The average molecular weight is 744 g/mol. The SMILES string of the molecule is CC1(C)c2cc(-c3c4ccccc4c(-c4ccccc4)c4ccc(-c5ccc6c(c5)c5c(n6C6=CCCC=C6)C=CCC5)cc34)c3ccccc3c2C2C=CC=CC21. The molecule has 2 atom stereocenters. The Morgan fingerprint density at radius 2 is 1.24 bits per heavy atom. The van der Waals surface area contributed by atoms with Crippen molar-refractivity contribution in [3.05, 3.63) is 192 Å². The third-order valence-corrected chi connectivity index (χ3v) is 14.0. The molecule has 0 saturated carbocycles. The van der Waals surface area contributed by atoms with Crippen molar-refractivity contribution in [2.45, 2.75) is 50.9 Å². The molecule has 4 aliphatic carbocycles. The van der Waals surface area contributed by atoms with Gasteiger partial charge in [0.2, 0.25) is 0 Å². The van der Waals surface area contributed by atoms with Crippen molar-refractivity contribution >= 4 is 55.0 Å². The minimum Gasteiger partial charge on any atom is -0.310 e. The number of nitrogens with zero attached hydrogens (tertiary/aromatic N) is 1. The minimum absolute atomic E-state index is 0.00953. The zero-order valence-electron chi connectivity index (χ0n) is 33.2. The fourth-order valence-electron chi connectivity index (χ4n) is 11.3. The van der Waals surface area contributed by atoms with Gasteiger partial charge in [-0.15, -0.1) is 0 Å². The number of benzene rings is 7. The van der Waals surface area contributed by atoms with E-state index in [9.17, 15) is 0 Å². The summed E-state index contributed by atoms with van der Waals surface area (Å²) in [4.78, 5) is 0. The molecule has 58 heavy (non-hydrogen) atoms. The fraction of sp³-hybridized carbons (Fsp3) is 0.158. The summed E-state index contributed by atoms with van der Waals surface area (Å²) >= 11 is 0. The van der Waals surface area contributed by atoms with Crippen LogP contribution in [-0.4, -0.2) is 4.57 Å². The lowest BCUT2D eigenvalue weighted by molar-refractivity contribution is 0.394. The molecule has 1 heterocycles. The summed E-state index contributed by atoms with van der Waals surface area (Å²) in [5.74, 6) is 0.814. The van der Waals surface area contributed by atoms with Gasteiger partial charge < -0.3 is 4.57 Å². The number of allylic oxidation sites excluding steroid dienone is 9. The Bertz CT molecular complexity index is 3190. The van der Waals surface area contributed by atoms with Crippen LogP contribution < -0.4 is 0 Å². The number of hydrogen-bond donors (Lipinski definition) is 0. The summed E-state index contributed by atoms with van der Waals surface area (Å²) in [6.45, 7) is 4.93. The second-order valence-electron chi connectivity index (χ2n) is 17.4. The van der Waals surface area contributed by atoms with Crippen molar-refractivity contribution in [2.75, 3.05) is 0 Å². The molecule has 8 aromatic rings. The van der Waals surface area contributed by atoms with Gasteiger partial charge in [0.25, 0.3) is 0 Å². The maximum atomic E-state index is 2.59. The number of aromatic nitrogens is 1. The topological polar surface area (TPSA) is 4.93 Å². The first kappa shape index (κ1) is 33.7. The van der Waals surface area contributed by atoms with Crippen LogP contribution in [0.5, 0.6) is 0 Å². The maximum absolute atomic E-state index is 2.59. The molecule has 2 unspecified atom stereocenters. The average Bonchev–Trinajstić information content (AvgIpc) is 3.73. The predicted molar refractivity (Wildman–Crippen MR) is 248 cm³/mol. The molecule has 0 spiro atoms. The highest BCUT2D eigenvalue weighted by Crippen LogP contribution is 2.57. The van der Waals surface area contributed by atoms with Gasteiger partial charge in [0, 0.05) is 22.7 Å². The molecule has 1 nitrogen and oxygen atoms in total. The first-order valence-electron chi connectivity index (χ1n) is 21.2. The van der Waals surface area contributed by atoms with Crippen LogP contribution in [0.1, 0.15) is 61.4 Å². The summed E-state index contributed by atoms with van der Waals surface area (Å²) in [5, 5.41) is 9.27. The molecule has 1 aromatic heterocycles. The summed E-state index contributed by atoms with van der Waals surface area (Å²) < 4.78 is 2.50. The van der Waals surface area contributed by atoms with E-state index in [1.165, 1.54) is 105 Å². The van der Waals surface area contributed by atoms with Gasteiger partial charge in [-0.05, 0) is 156 Å². The van der Waals surface area contributed by atoms with E-state index in [0.717, 1.165) is 25.7 Å². The molecule has 0 amide bonds. The van der Waals surface area contributed by atoms with Gasteiger partial charge in [0.15, 0.2) is 0 Å². The zero-order chi connectivity index (χ0) is 38.5. The number of aryl methyl sites for hydroxylation is 1. The largest absolute Gasteiger partial charge is 0.310 e. The van der Waals surface area contributed by atoms with Crippen LogP contribution in [0, 0.1) is 5.92 Å². The highest BCUT2D eigenvalue weighted by molar-refractivity contribution is 6.24. The summed E-state index contributed by atoms with van der Waals surface area (Å²) in [7, 11) is 0. The van der Waals surface area contributed by atoms with E-state index in [1.807, 2.05) is 0 Å². The van der Waals surface area contributed by atoms with Crippen LogP contribution in [-0.2, 0) is 11.8 Å². The van der Waals surface area contributed by atoms with Gasteiger partial charge >= 0.3 is 0 Å². The van der Waals surface area contributed by atoms with Gasteiger partial charge in [-0.3, -0.25) is 0 Å². The number of hydrogen-bond acceptors (Lipinski definition) is 0. The summed E-state index contributed by atoms with van der Waals surface area (Å²) in [6, 6.07) is 46.5. The van der Waals surface area contributed by atoms with E-state index in [4.69, 9.17) is 0 Å². The third kappa shape index (κ3) is 4.83. The Kier molecular flexibility index (Phi) is 7.42. The molecular formula is C57H45N. The van der Waals surface area contributed by atoms with Gasteiger partial charge in [-0.25, -0.2) is 0 Å². The van der Waals surface area contributed by atoms with E-state index >= 15 is 0 Å². The Morgan fingerprint density at radius 1 is 0.552 bits per heavy atom. The van der Waals surface area contributed by atoms with Crippen LogP contribution in [0.15, 0.2) is 170 Å². The maximum Gasteiger partial charge on any atom is 0.0537 e. The molecule has 0 fully saturated rings. The van der Waals surface area contributed by atoms with Crippen molar-refractivity contribution in [3.63, 3.8) is 0 Å². The molecule has 0 N–H and O–H groups in total. The molecule has 0 saturated heterocycles. The molecule has 4 aliphatic rings. The molecule has 0 bridgehead atoms. The lowest BCUT2D eigenvalue weighted by atomic mass is 9.74. The monoisotopic (exact) mass is 743 g/mol. The quantitative estimate of drug-likeness (QED) is 0.158. The highest BCUT2D eigenvalue weighted by Gasteiger charge is 2.45. The van der Waals surface area contributed by atoms with E-state index in [0.29, 0.717) is 11.8 Å². The van der Waals surface area contributed by atoms with Crippen LogP contribution in [0.25, 0.3) is 88.4 Å². The van der Waals surface area contributed by atoms with Crippen molar-refractivity contribution in [1.82, 2.24) is 4.57 Å². The standard InChI is InChI=1S/C57H45N/c1-57(2)50-27-15-13-26-46(50)56-42-23-10-9-21-40(42)49(35-51(56)57)55-44-25-12-11-24-43(44)54(36-17-5-3-6-18-36)45-31-29-37(34-48(45)55)38-30-32-53-47(33-38)41-22-14-16-28-52(41)58(53)39-19-7-4-8-20-39/h3,5-7,9-13,15-21,23-35,46,50H,4,8,14,22H2,1-2H3.